The maximum Gasteiger partial charge on any atom is 0.176 e. The highest BCUT2D eigenvalue weighted by Gasteiger charge is 2.06. The summed E-state index contributed by atoms with van der Waals surface area (Å²) < 4.78 is 0.823. The van der Waals surface area contributed by atoms with E-state index in [2.05, 4.69) is 21.1 Å². The highest BCUT2D eigenvalue weighted by atomic mass is 79.9. The molecule has 0 saturated heterocycles. The van der Waals surface area contributed by atoms with Crippen LogP contribution < -0.4 is 0 Å². The molecule has 0 aliphatic carbocycles. The molecule has 5 heteroatoms. The average molecular weight is 269 g/mol. The van der Waals surface area contributed by atoms with E-state index >= 15 is 0 Å². The summed E-state index contributed by atoms with van der Waals surface area (Å²) in [5, 5.41) is 11.6. The Balaban J connectivity index is 3.23. The molecule has 1 rings (SSSR count). The summed E-state index contributed by atoms with van der Waals surface area (Å²) in [6.45, 7) is 0. The Bertz CT molecular complexity index is 327. The van der Waals surface area contributed by atoms with Crippen molar-refractivity contribution in [3.63, 3.8) is 0 Å². The molecule has 0 fully saturated rings. The zero-order valence-corrected chi connectivity index (χ0v) is 8.86. The normalized spacial score (nSPS) is 11.8. The molecule has 12 heavy (non-hydrogen) atoms. The third-order valence-electron chi connectivity index (χ3n) is 1.24. The van der Waals surface area contributed by atoms with Crippen molar-refractivity contribution < 1.29 is 5.21 Å². The van der Waals surface area contributed by atoms with Crippen LogP contribution in [0.25, 0.3) is 0 Å². The van der Waals surface area contributed by atoms with Crippen LogP contribution in [0, 0.1) is 0 Å². The molecule has 0 spiro atoms. The Hall–Kier alpha value is -0.250. The van der Waals surface area contributed by atoms with Gasteiger partial charge in [0.2, 0.25) is 0 Å². The van der Waals surface area contributed by atoms with Crippen LogP contribution in [-0.2, 0) is 0 Å². The van der Waals surface area contributed by atoms with Gasteiger partial charge in [-0.15, -0.1) is 0 Å². The molecule has 0 aliphatic rings. The number of nitrogens with zero attached hydrogens (tertiary/aromatic N) is 1. The van der Waals surface area contributed by atoms with Crippen molar-refractivity contribution in [1.29, 1.82) is 0 Å². The molecule has 0 heterocycles. The number of rotatable bonds is 1. The molecule has 0 amide bonds. The van der Waals surface area contributed by atoms with Gasteiger partial charge in [0.05, 0.1) is 5.02 Å². The molecule has 0 radical (unpaired) electrons. The third kappa shape index (κ3) is 2.12. The van der Waals surface area contributed by atoms with Gasteiger partial charge in [0.15, 0.2) is 5.17 Å². The SMILES string of the molecule is ON=C(Cl)c1cc(Br)ccc1Cl. The maximum atomic E-state index is 8.39. The molecule has 1 aromatic rings. The van der Waals surface area contributed by atoms with Gasteiger partial charge in [-0.3, -0.25) is 0 Å². The number of halogens is 3. The number of hydrogen-bond acceptors (Lipinski definition) is 2. The van der Waals surface area contributed by atoms with Crippen LogP contribution in [0.3, 0.4) is 0 Å². The first-order valence-electron chi connectivity index (χ1n) is 2.98. The minimum absolute atomic E-state index is 0.0266. The summed E-state index contributed by atoms with van der Waals surface area (Å²) >= 11 is 14.6. The van der Waals surface area contributed by atoms with Gasteiger partial charge < -0.3 is 5.21 Å². The molecular weight excluding hydrogens is 265 g/mol. The summed E-state index contributed by atoms with van der Waals surface area (Å²) in [7, 11) is 0. The summed E-state index contributed by atoms with van der Waals surface area (Å²) in [5.41, 5.74) is 0.496. The van der Waals surface area contributed by atoms with Crippen molar-refractivity contribution in [3.8, 4) is 0 Å². The van der Waals surface area contributed by atoms with E-state index < -0.39 is 0 Å². The van der Waals surface area contributed by atoms with Crippen molar-refractivity contribution in [3.05, 3.63) is 33.3 Å². The molecule has 0 atom stereocenters. The van der Waals surface area contributed by atoms with Gasteiger partial charge in [-0.25, -0.2) is 0 Å². The van der Waals surface area contributed by atoms with Crippen molar-refractivity contribution in [2.75, 3.05) is 0 Å². The second-order valence-corrected chi connectivity index (χ2v) is 3.70. The standard InChI is InChI=1S/C7H4BrCl2NO/c8-4-1-2-6(9)5(3-4)7(10)11-12/h1-3,12H. The van der Waals surface area contributed by atoms with E-state index in [1.54, 1.807) is 18.2 Å². The summed E-state index contributed by atoms with van der Waals surface area (Å²) in [4.78, 5) is 0. The van der Waals surface area contributed by atoms with Crippen LogP contribution in [-0.4, -0.2) is 10.4 Å². The Morgan fingerprint density at radius 2 is 2.17 bits per heavy atom. The van der Waals surface area contributed by atoms with Gasteiger partial charge >= 0.3 is 0 Å². The largest absolute Gasteiger partial charge is 0.410 e. The number of hydrogen-bond donors (Lipinski definition) is 1. The molecule has 0 saturated carbocycles. The van der Waals surface area contributed by atoms with E-state index in [0.29, 0.717) is 10.6 Å². The average Bonchev–Trinajstić information content (AvgIpc) is 2.08. The monoisotopic (exact) mass is 267 g/mol. The summed E-state index contributed by atoms with van der Waals surface area (Å²) in [6, 6.07) is 5.10. The first kappa shape index (κ1) is 9.84. The van der Waals surface area contributed by atoms with Gasteiger partial charge in [0, 0.05) is 10.0 Å². The van der Waals surface area contributed by atoms with Crippen molar-refractivity contribution in [2.45, 2.75) is 0 Å². The van der Waals surface area contributed by atoms with Crippen LogP contribution in [0.1, 0.15) is 5.56 Å². The van der Waals surface area contributed by atoms with Crippen LogP contribution in [0.2, 0.25) is 5.02 Å². The second kappa shape index (κ2) is 4.12. The minimum Gasteiger partial charge on any atom is -0.410 e. The lowest BCUT2D eigenvalue weighted by atomic mass is 10.2. The maximum absolute atomic E-state index is 8.39. The van der Waals surface area contributed by atoms with E-state index in [0.717, 1.165) is 4.47 Å². The minimum atomic E-state index is -0.0266. The lowest BCUT2D eigenvalue weighted by Crippen LogP contribution is -1.91. The zero-order chi connectivity index (χ0) is 9.14. The Morgan fingerprint density at radius 1 is 1.50 bits per heavy atom. The molecule has 0 aromatic heterocycles. The van der Waals surface area contributed by atoms with Crippen LogP contribution in [0.15, 0.2) is 27.8 Å². The van der Waals surface area contributed by atoms with Gasteiger partial charge in [0.25, 0.3) is 0 Å². The Morgan fingerprint density at radius 3 is 2.75 bits per heavy atom. The molecule has 1 aromatic carbocycles. The molecule has 0 bridgehead atoms. The smallest absolute Gasteiger partial charge is 0.176 e. The number of benzene rings is 1. The molecular formula is C7H4BrCl2NO. The van der Waals surface area contributed by atoms with Crippen molar-refractivity contribution in [2.24, 2.45) is 5.16 Å². The lowest BCUT2D eigenvalue weighted by molar-refractivity contribution is 0.321. The van der Waals surface area contributed by atoms with Gasteiger partial charge in [-0.1, -0.05) is 44.3 Å². The fraction of sp³-hybridized carbons (Fsp3) is 0. The fourth-order valence-corrected chi connectivity index (χ4v) is 1.48. The molecule has 2 nitrogen and oxygen atoms in total. The second-order valence-electron chi connectivity index (χ2n) is 2.01. The van der Waals surface area contributed by atoms with E-state index in [4.69, 9.17) is 28.4 Å². The third-order valence-corrected chi connectivity index (χ3v) is 2.34. The molecule has 0 aliphatic heterocycles. The Labute approximate surface area is 87.9 Å². The molecule has 64 valence electrons. The predicted molar refractivity (Wildman–Crippen MR) is 53.3 cm³/mol. The first-order chi connectivity index (χ1) is 5.65. The Kier molecular flexibility index (Phi) is 3.38. The van der Waals surface area contributed by atoms with Crippen LogP contribution >= 0.6 is 39.1 Å². The summed E-state index contributed by atoms with van der Waals surface area (Å²) in [5.74, 6) is 0. The van der Waals surface area contributed by atoms with Crippen molar-refractivity contribution in [1.82, 2.24) is 0 Å². The lowest BCUT2D eigenvalue weighted by Gasteiger charge is -2.00. The number of oxime groups is 1. The van der Waals surface area contributed by atoms with Crippen LogP contribution in [0.4, 0.5) is 0 Å². The predicted octanol–water partition coefficient (Wildman–Crippen LogP) is 3.48. The molecule has 1 N–H and O–H groups in total. The quantitative estimate of drug-likeness (QED) is 0.472. The highest BCUT2D eigenvalue weighted by molar-refractivity contribution is 9.10. The first-order valence-corrected chi connectivity index (χ1v) is 4.53. The van der Waals surface area contributed by atoms with Crippen LogP contribution in [0.5, 0.6) is 0 Å². The van der Waals surface area contributed by atoms with E-state index in [1.165, 1.54) is 0 Å². The van der Waals surface area contributed by atoms with E-state index in [9.17, 15) is 0 Å². The highest BCUT2D eigenvalue weighted by Crippen LogP contribution is 2.22. The molecule has 0 unspecified atom stereocenters. The van der Waals surface area contributed by atoms with Gasteiger partial charge in [-0.05, 0) is 18.2 Å². The van der Waals surface area contributed by atoms with Gasteiger partial charge in [0.1, 0.15) is 0 Å². The summed E-state index contributed by atoms with van der Waals surface area (Å²) in [6.07, 6.45) is 0. The van der Waals surface area contributed by atoms with Gasteiger partial charge in [-0.2, -0.15) is 0 Å². The fourth-order valence-electron chi connectivity index (χ4n) is 0.709. The van der Waals surface area contributed by atoms with Crippen molar-refractivity contribution >= 4 is 44.3 Å². The van der Waals surface area contributed by atoms with E-state index in [1.807, 2.05) is 0 Å². The zero-order valence-electron chi connectivity index (χ0n) is 5.76. The van der Waals surface area contributed by atoms with E-state index in [-0.39, 0.29) is 5.17 Å². The topological polar surface area (TPSA) is 32.6 Å².